The quantitative estimate of drug-likeness (QED) is 0.807. The fourth-order valence-corrected chi connectivity index (χ4v) is 3.01. The predicted octanol–water partition coefficient (Wildman–Crippen LogP) is 2.75. The van der Waals surface area contributed by atoms with Gasteiger partial charge in [0, 0.05) is 17.3 Å². The number of nitrogens with one attached hydrogen (secondary N) is 1. The minimum absolute atomic E-state index is 0.0453. The lowest BCUT2D eigenvalue weighted by molar-refractivity contribution is -0.116. The van der Waals surface area contributed by atoms with E-state index in [1.807, 2.05) is 0 Å². The van der Waals surface area contributed by atoms with Gasteiger partial charge in [0.2, 0.25) is 5.91 Å². The number of amides is 1. The molecule has 1 amide bonds. The van der Waals surface area contributed by atoms with Crippen molar-refractivity contribution in [2.75, 3.05) is 5.32 Å². The van der Waals surface area contributed by atoms with Crippen LogP contribution in [0.1, 0.15) is 0 Å². The molecule has 0 bridgehead atoms. The third kappa shape index (κ3) is 3.12. The van der Waals surface area contributed by atoms with Crippen LogP contribution in [0.15, 0.2) is 47.4 Å². The third-order valence-electron chi connectivity index (χ3n) is 2.81. The molecule has 0 radical (unpaired) electrons. The van der Waals surface area contributed by atoms with E-state index >= 15 is 0 Å². The zero-order valence-corrected chi connectivity index (χ0v) is 12.3. The summed E-state index contributed by atoms with van der Waals surface area (Å²) in [5, 5.41) is 3.80. The lowest BCUT2D eigenvalue weighted by Crippen LogP contribution is -2.26. The van der Waals surface area contributed by atoms with Crippen molar-refractivity contribution < 1.29 is 4.79 Å². The van der Waals surface area contributed by atoms with E-state index in [1.165, 1.54) is 22.0 Å². The molecule has 0 aliphatic carbocycles. The van der Waals surface area contributed by atoms with E-state index < -0.39 is 0 Å². The predicted molar refractivity (Wildman–Crippen MR) is 84.0 cm³/mol. The topological polar surface area (TPSA) is 64.0 Å². The molecule has 5 nitrogen and oxygen atoms in total. The highest BCUT2D eigenvalue weighted by atomic mass is 35.5. The van der Waals surface area contributed by atoms with Crippen LogP contribution in [0.25, 0.3) is 10.2 Å². The van der Waals surface area contributed by atoms with E-state index in [0.717, 1.165) is 10.2 Å². The van der Waals surface area contributed by atoms with Gasteiger partial charge in [0.1, 0.15) is 6.54 Å². The Morgan fingerprint density at radius 2 is 2.19 bits per heavy atom. The van der Waals surface area contributed by atoms with Gasteiger partial charge in [-0.2, -0.15) is 0 Å². The lowest BCUT2D eigenvalue weighted by atomic mass is 10.3. The first-order valence-corrected chi connectivity index (χ1v) is 7.33. The first-order valence-electron chi connectivity index (χ1n) is 6.13. The molecule has 3 rings (SSSR count). The number of anilines is 1. The fraction of sp³-hybridized carbons (Fsp3) is 0.0714. The normalized spacial score (nSPS) is 10.7. The average molecular weight is 320 g/mol. The van der Waals surface area contributed by atoms with Crippen molar-refractivity contribution in [1.29, 1.82) is 0 Å². The Kier molecular flexibility index (Phi) is 3.72. The van der Waals surface area contributed by atoms with E-state index in [9.17, 15) is 9.59 Å². The summed E-state index contributed by atoms with van der Waals surface area (Å²) in [6.07, 6.45) is 1.57. The van der Waals surface area contributed by atoms with Crippen molar-refractivity contribution >= 4 is 44.2 Å². The highest BCUT2D eigenvalue weighted by Gasteiger charge is 2.09. The standard InChI is InChI=1S/C14H10ClN3O2S/c15-9-4-5-10-11(7-9)21-14(16-10)17-12(19)8-18-6-2-1-3-13(18)20/h1-7H,8H2,(H,16,17,19). The van der Waals surface area contributed by atoms with Crippen LogP contribution in [0.2, 0.25) is 5.02 Å². The van der Waals surface area contributed by atoms with Crippen LogP contribution in [0.3, 0.4) is 0 Å². The second-order valence-electron chi connectivity index (χ2n) is 4.35. The van der Waals surface area contributed by atoms with Crippen molar-refractivity contribution in [2.24, 2.45) is 0 Å². The first-order chi connectivity index (χ1) is 10.1. The van der Waals surface area contributed by atoms with Gasteiger partial charge >= 0.3 is 0 Å². The number of aromatic nitrogens is 2. The fourth-order valence-electron chi connectivity index (χ4n) is 1.86. The Morgan fingerprint density at radius 3 is 3.00 bits per heavy atom. The molecule has 0 aliphatic rings. The zero-order valence-electron chi connectivity index (χ0n) is 10.7. The maximum atomic E-state index is 11.9. The molecule has 0 saturated carbocycles. The average Bonchev–Trinajstić information content (AvgIpc) is 2.82. The second-order valence-corrected chi connectivity index (χ2v) is 5.81. The number of pyridine rings is 1. The molecule has 0 saturated heterocycles. The summed E-state index contributed by atoms with van der Waals surface area (Å²) in [4.78, 5) is 27.8. The molecule has 3 aromatic rings. The van der Waals surface area contributed by atoms with Crippen molar-refractivity contribution in [3.8, 4) is 0 Å². The van der Waals surface area contributed by atoms with E-state index in [-0.39, 0.29) is 18.0 Å². The maximum absolute atomic E-state index is 11.9. The van der Waals surface area contributed by atoms with Gasteiger partial charge in [-0.1, -0.05) is 29.0 Å². The molecular formula is C14H10ClN3O2S. The first kappa shape index (κ1) is 13.8. The Bertz CT molecular complexity index is 872. The van der Waals surface area contributed by atoms with Gasteiger partial charge in [0.25, 0.3) is 5.56 Å². The van der Waals surface area contributed by atoms with Crippen LogP contribution < -0.4 is 10.9 Å². The minimum Gasteiger partial charge on any atom is -0.306 e. The number of carbonyl (C=O) groups is 1. The monoisotopic (exact) mass is 319 g/mol. The minimum atomic E-state index is -0.298. The molecule has 0 unspecified atom stereocenters. The Labute approximate surface area is 128 Å². The van der Waals surface area contributed by atoms with Gasteiger partial charge < -0.3 is 9.88 Å². The number of rotatable bonds is 3. The smallest absolute Gasteiger partial charge is 0.250 e. The van der Waals surface area contributed by atoms with Gasteiger partial charge in [-0.3, -0.25) is 9.59 Å². The number of halogens is 1. The number of carbonyl (C=O) groups excluding carboxylic acids is 1. The molecular weight excluding hydrogens is 310 g/mol. The number of hydrogen-bond acceptors (Lipinski definition) is 4. The number of fused-ring (bicyclic) bond motifs is 1. The van der Waals surface area contributed by atoms with Gasteiger partial charge in [-0.05, 0) is 24.3 Å². The van der Waals surface area contributed by atoms with Crippen LogP contribution in [-0.4, -0.2) is 15.5 Å². The van der Waals surface area contributed by atoms with Crippen molar-refractivity contribution in [1.82, 2.24) is 9.55 Å². The SMILES string of the molecule is O=C(Cn1ccccc1=O)Nc1nc2ccc(Cl)cc2s1. The summed E-state index contributed by atoms with van der Waals surface area (Å²) < 4.78 is 2.23. The van der Waals surface area contributed by atoms with Crippen molar-refractivity contribution in [2.45, 2.75) is 6.54 Å². The van der Waals surface area contributed by atoms with Crippen molar-refractivity contribution in [3.05, 3.63) is 58.0 Å². The van der Waals surface area contributed by atoms with Gasteiger partial charge in [-0.25, -0.2) is 4.98 Å². The maximum Gasteiger partial charge on any atom is 0.250 e. The lowest BCUT2D eigenvalue weighted by Gasteiger charge is -2.04. The Hall–Kier alpha value is -2.18. The summed E-state index contributed by atoms with van der Waals surface area (Å²) in [6, 6.07) is 10.1. The molecule has 1 aromatic carbocycles. The molecule has 2 heterocycles. The van der Waals surface area contributed by atoms with Gasteiger partial charge in [0.05, 0.1) is 10.2 Å². The van der Waals surface area contributed by atoms with E-state index in [1.54, 1.807) is 36.5 Å². The Balaban J connectivity index is 1.77. The molecule has 106 valence electrons. The summed E-state index contributed by atoms with van der Waals surface area (Å²) >= 11 is 7.25. The number of nitrogens with zero attached hydrogens (tertiary/aromatic N) is 2. The van der Waals surface area contributed by atoms with Crippen LogP contribution in [0.5, 0.6) is 0 Å². The molecule has 21 heavy (non-hydrogen) atoms. The molecule has 0 fully saturated rings. The number of hydrogen-bond donors (Lipinski definition) is 1. The largest absolute Gasteiger partial charge is 0.306 e. The zero-order chi connectivity index (χ0) is 14.8. The van der Waals surface area contributed by atoms with E-state index in [4.69, 9.17) is 11.6 Å². The van der Waals surface area contributed by atoms with Gasteiger partial charge in [0.15, 0.2) is 5.13 Å². The van der Waals surface area contributed by atoms with Crippen LogP contribution in [-0.2, 0) is 11.3 Å². The molecule has 2 aromatic heterocycles. The summed E-state index contributed by atoms with van der Waals surface area (Å²) in [5.41, 5.74) is 0.556. The van der Waals surface area contributed by atoms with E-state index in [0.29, 0.717) is 10.2 Å². The Morgan fingerprint density at radius 1 is 1.33 bits per heavy atom. The van der Waals surface area contributed by atoms with Crippen LogP contribution in [0.4, 0.5) is 5.13 Å². The highest BCUT2D eigenvalue weighted by molar-refractivity contribution is 7.22. The van der Waals surface area contributed by atoms with Crippen LogP contribution >= 0.6 is 22.9 Å². The van der Waals surface area contributed by atoms with Crippen molar-refractivity contribution in [3.63, 3.8) is 0 Å². The molecule has 7 heteroatoms. The summed E-state index contributed by atoms with van der Waals surface area (Å²) in [5.74, 6) is -0.298. The van der Waals surface area contributed by atoms with Crippen LogP contribution in [0, 0.1) is 0 Å². The summed E-state index contributed by atoms with van der Waals surface area (Å²) in [7, 11) is 0. The summed E-state index contributed by atoms with van der Waals surface area (Å²) in [6.45, 7) is -0.0453. The molecule has 0 spiro atoms. The highest BCUT2D eigenvalue weighted by Crippen LogP contribution is 2.28. The molecule has 0 atom stereocenters. The second kappa shape index (κ2) is 5.67. The number of thiazole rings is 1. The third-order valence-corrected chi connectivity index (χ3v) is 3.98. The van der Waals surface area contributed by atoms with Gasteiger partial charge in [-0.15, -0.1) is 0 Å². The molecule has 1 N–H and O–H groups in total. The van der Waals surface area contributed by atoms with E-state index in [2.05, 4.69) is 10.3 Å². The number of benzene rings is 1. The molecule has 0 aliphatic heterocycles.